The Bertz CT molecular complexity index is 1350. The van der Waals surface area contributed by atoms with Crippen LogP contribution >= 0.6 is 0 Å². The first-order valence-corrected chi connectivity index (χ1v) is 31.1. The Morgan fingerprint density at radius 1 is 0.467 bits per heavy atom. The van der Waals surface area contributed by atoms with Crippen molar-refractivity contribution in [3.63, 3.8) is 0 Å². The van der Waals surface area contributed by atoms with Crippen LogP contribution < -0.4 is 5.32 Å². The van der Waals surface area contributed by atoms with Crippen LogP contribution in [0.5, 0.6) is 0 Å². The monoisotopic (exact) mass is 1070 g/mol. The molecule has 12 unspecified atom stereocenters. The van der Waals surface area contributed by atoms with E-state index in [2.05, 4.69) is 31.3 Å². The maximum absolute atomic E-state index is 13.2. The Morgan fingerprint density at radius 2 is 0.853 bits per heavy atom. The van der Waals surface area contributed by atoms with E-state index in [4.69, 9.17) is 18.9 Å². The van der Waals surface area contributed by atoms with Crippen molar-refractivity contribution in [3.05, 3.63) is 24.3 Å². The summed E-state index contributed by atoms with van der Waals surface area (Å²) in [5, 5.41) is 87.1. The van der Waals surface area contributed by atoms with Crippen LogP contribution in [0.4, 0.5) is 0 Å². The predicted molar refractivity (Wildman–Crippen MR) is 300 cm³/mol. The third kappa shape index (κ3) is 33.0. The van der Waals surface area contributed by atoms with Gasteiger partial charge in [0.1, 0.15) is 48.8 Å². The Morgan fingerprint density at radius 3 is 1.31 bits per heavy atom. The summed E-state index contributed by atoms with van der Waals surface area (Å²) in [6, 6.07) is -0.927. The van der Waals surface area contributed by atoms with E-state index < -0.39 is 86.8 Å². The number of aliphatic hydroxyl groups is 8. The molecular weight excluding hydrogens is 955 g/mol. The molecule has 2 aliphatic heterocycles. The topological polar surface area (TPSA) is 228 Å². The Kier molecular flexibility index (Phi) is 43.9. The van der Waals surface area contributed by atoms with Crippen molar-refractivity contribution in [1.29, 1.82) is 0 Å². The van der Waals surface area contributed by atoms with Crippen LogP contribution in [0.15, 0.2) is 24.3 Å². The Hall–Kier alpha value is -1.53. The van der Waals surface area contributed by atoms with Crippen LogP contribution in [-0.4, -0.2) is 140 Å². The van der Waals surface area contributed by atoms with Crippen LogP contribution in [0.2, 0.25) is 0 Å². The fourth-order valence-corrected chi connectivity index (χ4v) is 10.4. The molecule has 2 rings (SSSR count). The first-order chi connectivity index (χ1) is 36.6. The van der Waals surface area contributed by atoms with Crippen molar-refractivity contribution in [2.75, 3.05) is 19.8 Å². The van der Waals surface area contributed by atoms with Crippen molar-refractivity contribution in [1.82, 2.24) is 5.32 Å². The van der Waals surface area contributed by atoms with E-state index in [0.29, 0.717) is 12.8 Å². The van der Waals surface area contributed by atoms with E-state index >= 15 is 0 Å². The molecule has 0 aromatic rings. The second-order valence-corrected chi connectivity index (χ2v) is 22.2. The molecule has 0 bridgehead atoms. The predicted octanol–water partition coefficient (Wildman–Crippen LogP) is 10.8. The summed E-state index contributed by atoms with van der Waals surface area (Å²) < 4.78 is 22.8. The number of carbonyl (C=O) groups excluding carboxylic acids is 1. The zero-order valence-corrected chi connectivity index (χ0v) is 47.6. The third-order valence-corrected chi connectivity index (χ3v) is 15.4. The molecule has 2 saturated heterocycles. The minimum absolute atomic E-state index is 0.245. The van der Waals surface area contributed by atoms with Crippen molar-refractivity contribution in [3.8, 4) is 0 Å². The second kappa shape index (κ2) is 47.3. The molecule has 75 heavy (non-hydrogen) atoms. The summed E-state index contributed by atoms with van der Waals surface area (Å²) in [5.74, 6) is -0.245. The number of aliphatic hydroxyl groups excluding tert-OH is 8. The zero-order valence-electron chi connectivity index (χ0n) is 47.6. The molecule has 1 amide bonds. The van der Waals surface area contributed by atoms with Gasteiger partial charge in [-0.25, -0.2) is 0 Å². The number of hydrogen-bond donors (Lipinski definition) is 9. The van der Waals surface area contributed by atoms with Gasteiger partial charge >= 0.3 is 0 Å². The molecule has 0 aliphatic carbocycles. The number of allylic oxidation sites excluding steroid dienone is 3. The number of ether oxygens (including phenoxy) is 4. The van der Waals surface area contributed by atoms with Gasteiger partial charge in [0.15, 0.2) is 12.6 Å². The molecule has 2 heterocycles. The largest absolute Gasteiger partial charge is 0.394 e. The lowest BCUT2D eigenvalue weighted by molar-refractivity contribution is -0.359. The van der Waals surface area contributed by atoms with E-state index in [9.17, 15) is 45.6 Å². The standard InChI is InChI=1S/C61H115NO13/c1-3-5-7-9-11-13-15-17-19-20-21-22-23-24-25-26-27-28-29-31-32-34-36-38-40-42-44-50(65)49(62-53(66)45-43-41-39-37-35-33-30-18-16-14-12-10-8-6-4-2)48-72-60-58(71)56(69)59(52(47-64)74-60)75-61-57(70)55(68)54(67)51(46-63)73-61/h34,36,42,44,49-52,54-61,63-65,67-71H,3-33,35,37-41,43,45-48H2,1-2H3,(H,62,66)/b36-34+,44-42+. The van der Waals surface area contributed by atoms with E-state index in [0.717, 1.165) is 32.1 Å². The highest BCUT2D eigenvalue weighted by Crippen LogP contribution is 2.30. The van der Waals surface area contributed by atoms with E-state index in [1.54, 1.807) is 6.08 Å². The van der Waals surface area contributed by atoms with Crippen molar-refractivity contribution in [2.45, 2.75) is 338 Å². The molecule has 14 heteroatoms. The van der Waals surface area contributed by atoms with Gasteiger partial charge in [0.25, 0.3) is 0 Å². The first kappa shape index (κ1) is 69.6. The molecule has 0 radical (unpaired) electrons. The molecule has 0 aromatic heterocycles. The average Bonchev–Trinajstić information content (AvgIpc) is 3.41. The maximum Gasteiger partial charge on any atom is 0.220 e. The number of hydrogen-bond acceptors (Lipinski definition) is 13. The smallest absolute Gasteiger partial charge is 0.220 e. The number of rotatable bonds is 50. The summed E-state index contributed by atoms with van der Waals surface area (Å²) in [6.07, 6.45) is 39.4. The highest BCUT2D eigenvalue weighted by Gasteiger charge is 2.51. The number of nitrogens with one attached hydrogen (secondary N) is 1. The number of unbranched alkanes of at least 4 members (excludes halogenated alkanes) is 35. The summed E-state index contributed by atoms with van der Waals surface area (Å²) in [5.41, 5.74) is 0. The van der Waals surface area contributed by atoms with Gasteiger partial charge in [0, 0.05) is 6.42 Å². The minimum atomic E-state index is -1.79. The van der Waals surface area contributed by atoms with Crippen molar-refractivity contribution in [2.24, 2.45) is 0 Å². The normalized spacial score (nSPS) is 25.1. The second-order valence-electron chi connectivity index (χ2n) is 22.2. The quantitative estimate of drug-likeness (QED) is 0.0204. The molecule has 0 spiro atoms. The number of amides is 1. The lowest BCUT2D eigenvalue weighted by Crippen LogP contribution is -2.65. The first-order valence-electron chi connectivity index (χ1n) is 31.1. The van der Waals surface area contributed by atoms with Crippen LogP contribution in [0.25, 0.3) is 0 Å². The Labute approximate surface area is 456 Å². The zero-order chi connectivity index (χ0) is 54.6. The molecule has 0 aromatic carbocycles. The van der Waals surface area contributed by atoms with E-state index in [1.165, 1.54) is 199 Å². The van der Waals surface area contributed by atoms with Crippen LogP contribution in [-0.2, 0) is 23.7 Å². The lowest BCUT2D eigenvalue weighted by atomic mass is 9.97. The average molecular weight is 1070 g/mol. The molecule has 2 aliphatic rings. The van der Waals surface area contributed by atoms with Gasteiger partial charge in [-0.05, 0) is 32.1 Å². The van der Waals surface area contributed by atoms with Gasteiger partial charge < -0.3 is 65.1 Å². The van der Waals surface area contributed by atoms with Gasteiger partial charge in [-0.1, -0.05) is 250 Å². The molecule has 2 fully saturated rings. The summed E-state index contributed by atoms with van der Waals surface area (Å²) in [6.45, 7) is 2.81. The Balaban J connectivity index is 1.74. The fraction of sp³-hybridized carbons (Fsp3) is 0.918. The van der Waals surface area contributed by atoms with Crippen molar-refractivity contribution >= 4 is 5.91 Å². The van der Waals surface area contributed by atoms with Gasteiger partial charge in [-0.2, -0.15) is 0 Å². The van der Waals surface area contributed by atoms with Crippen LogP contribution in [0.1, 0.15) is 264 Å². The van der Waals surface area contributed by atoms with Crippen molar-refractivity contribution < 1.29 is 64.6 Å². The van der Waals surface area contributed by atoms with E-state index in [-0.39, 0.29) is 18.9 Å². The molecule has 9 N–H and O–H groups in total. The highest BCUT2D eigenvalue weighted by atomic mass is 16.7. The van der Waals surface area contributed by atoms with Crippen LogP contribution in [0.3, 0.4) is 0 Å². The third-order valence-electron chi connectivity index (χ3n) is 15.4. The molecular formula is C61H115NO13. The number of carbonyl (C=O) groups is 1. The van der Waals surface area contributed by atoms with Gasteiger partial charge in [0.2, 0.25) is 5.91 Å². The van der Waals surface area contributed by atoms with Gasteiger partial charge in [0.05, 0.1) is 32.0 Å². The minimum Gasteiger partial charge on any atom is -0.394 e. The lowest BCUT2D eigenvalue weighted by Gasteiger charge is -2.46. The summed E-state index contributed by atoms with van der Waals surface area (Å²) >= 11 is 0. The fourth-order valence-electron chi connectivity index (χ4n) is 10.4. The van der Waals surface area contributed by atoms with E-state index in [1.807, 2.05) is 6.08 Å². The SMILES string of the molecule is CCCCCCCCCCCCCCCCCCCCCC/C=C/CC/C=C/C(O)C(COC1OC(CO)C(OC2OC(CO)C(O)C(O)C2O)C(O)C1O)NC(=O)CCCCCCCCCCCCCCCCC. The molecule has 442 valence electrons. The summed E-state index contributed by atoms with van der Waals surface area (Å²) in [7, 11) is 0. The van der Waals surface area contributed by atoms with Crippen LogP contribution in [0, 0.1) is 0 Å². The maximum atomic E-state index is 13.2. The summed E-state index contributed by atoms with van der Waals surface area (Å²) in [4.78, 5) is 13.2. The highest BCUT2D eigenvalue weighted by molar-refractivity contribution is 5.76. The van der Waals surface area contributed by atoms with Gasteiger partial charge in [-0.3, -0.25) is 4.79 Å². The molecule has 12 atom stereocenters. The molecule has 0 saturated carbocycles. The van der Waals surface area contributed by atoms with Gasteiger partial charge in [-0.15, -0.1) is 0 Å². The molecule has 14 nitrogen and oxygen atoms in total.